The van der Waals surface area contributed by atoms with Crippen molar-refractivity contribution in [3.63, 3.8) is 0 Å². The summed E-state index contributed by atoms with van der Waals surface area (Å²) in [5.41, 5.74) is 1.67. The SMILES string of the molecule is COCCn1c(Cc2c(F)cc(-c3cccc(OCc4ccc(C#N)cc4F)n3)cc2F)nc2ccc(C(=O)O)cc21. The highest BCUT2D eigenvalue weighted by atomic mass is 19.1. The van der Waals surface area contributed by atoms with Crippen LogP contribution in [0.4, 0.5) is 13.2 Å². The number of ether oxygens (including phenoxy) is 2. The highest BCUT2D eigenvalue weighted by Gasteiger charge is 2.19. The Morgan fingerprint density at radius 1 is 1.00 bits per heavy atom. The molecule has 0 atom stereocenters. The zero-order valence-electron chi connectivity index (χ0n) is 22.3. The van der Waals surface area contributed by atoms with Crippen molar-refractivity contribution in [3.8, 4) is 23.2 Å². The molecule has 0 aliphatic carbocycles. The van der Waals surface area contributed by atoms with E-state index in [-0.39, 0.29) is 59.0 Å². The van der Waals surface area contributed by atoms with Crippen LogP contribution in [0, 0.1) is 28.8 Å². The Bertz CT molecular complexity index is 1830. The van der Waals surface area contributed by atoms with E-state index < -0.39 is 23.4 Å². The summed E-state index contributed by atoms with van der Waals surface area (Å²) in [6, 6.07) is 17.3. The van der Waals surface area contributed by atoms with Crippen LogP contribution in [0.15, 0.2) is 66.7 Å². The van der Waals surface area contributed by atoms with Gasteiger partial charge >= 0.3 is 5.97 Å². The maximum atomic E-state index is 15.4. The summed E-state index contributed by atoms with van der Waals surface area (Å²) in [6.45, 7) is 0.422. The lowest BCUT2D eigenvalue weighted by atomic mass is 10.0. The van der Waals surface area contributed by atoms with Crippen molar-refractivity contribution in [2.75, 3.05) is 13.7 Å². The van der Waals surface area contributed by atoms with Gasteiger partial charge < -0.3 is 19.1 Å². The van der Waals surface area contributed by atoms with Crippen molar-refractivity contribution in [3.05, 3.63) is 112 Å². The number of benzene rings is 3. The lowest BCUT2D eigenvalue weighted by molar-refractivity contribution is 0.0697. The van der Waals surface area contributed by atoms with Crippen molar-refractivity contribution in [2.45, 2.75) is 19.6 Å². The molecule has 0 spiro atoms. The van der Waals surface area contributed by atoms with Gasteiger partial charge in [0.25, 0.3) is 0 Å². The minimum Gasteiger partial charge on any atom is -0.478 e. The minimum absolute atomic E-state index is 0.0649. The van der Waals surface area contributed by atoms with Crippen LogP contribution in [0.1, 0.15) is 32.9 Å². The number of carbonyl (C=O) groups is 1. The number of fused-ring (bicyclic) bond motifs is 1. The van der Waals surface area contributed by atoms with Gasteiger partial charge in [-0.15, -0.1) is 0 Å². The molecule has 11 heteroatoms. The second-order valence-electron chi connectivity index (χ2n) is 9.34. The van der Waals surface area contributed by atoms with Crippen molar-refractivity contribution in [1.29, 1.82) is 5.26 Å². The molecular formula is C31H23F3N4O4. The summed E-state index contributed by atoms with van der Waals surface area (Å²) in [4.78, 5) is 20.3. The third-order valence-electron chi connectivity index (χ3n) is 6.65. The van der Waals surface area contributed by atoms with Crippen molar-refractivity contribution >= 4 is 17.0 Å². The van der Waals surface area contributed by atoms with E-state index in [0.717, 1.165) is 18.2 Å². The molecule has 8 nitrogen and oxygen atoms in total. The molecule has 0 aliphatic heterocycles. The fraction of sp³-hybridized carbons (Fsp3) is 0.161. The van der Waals surface area contributed by atoms with E-state index in [0.29, 0.717) is 23.4 Å². The zero-order chi connectivity index (χ0) is 29.8. The highest BCUT2D eigenvalue weighted by Crippen LogP contribution is 2.28. The molecule has 0 saturated carbocycles. The summed E-state index contributed by atoms with van der Waals surface area (Å²) in [6.07, 6.45) is -0.189. The molecule has 0 fully saturated rings. The molecule has 0 unspecified atom stereocenters. The van der Waals surface area contributed by atoms with E-state index >= 15 is 8.78 Å². The Morgan fingerprint density at radius 3 is 2.48 bits per heavy atom. The molecule has 0 amide bonds. The summed E-state index contributed by atoms with van der Waals surface area (Å²) in [5, 5.41) is 18.3. The number of carboxylic acid groups (broad SMARTS) is 1. The molecule has 0 saturated heterocycles. The van der Waals surface area contributed by atoms with Crippen molar-refractivity contribution in [2.24, 2.45) is 0 Å². The van der Waals surface area contributed by atoms with Crippen LogP contribution in [0.2, 0.25) is 0 Å². The first-order valence-electron chi connectivity index (χ1n) is 12.8. The number of methoxy groups -OCH3 is 1. The Morgan fingerprint density at radius 2 is 1.79 bits per heavy atom. The van der Waals surface area contributed by atoms with E-state index in [9.17, 15) is 14.3 Å². The number of nitrogens with zero attached hydrogens (tertiary/aromatic N) is 4. The quantitative estimate of drug-likeness (QED) is 0.222. The standard InChI is InChI=1S/C31H23F3N4O4/c1-41-10-9-38-28-14-19(31(39)40)7-8-27(28)36-29(38)15-22-24(33)12-21(13-25(22)34)26-3-2-4-30(37-26)42-17-20-6-5-18(16-35)11-23(20)32/h2-8,11-14H,9-10,15,17H2,1H3,(H,39,40). The van der Waals surface area contributed by atoms with Gasteiger partial charge in [0.15, 0.2) is 0 Å². The molecule has 212 valence electrons. The van der Waals surface area contributed by atoms with E-state index in [2.05, 4.69) is 9.97 Å². The van der Waals surface area contributed by atoms with E-state index in [1.54, 1.807) is 22.8 Å². The number of rotatable bonds is 10. The van der Waals surface area contributed by atoms with Gasteiger partial charge in [0, 0.05) is 42.8 Å². The van der Waals surface area contributed by atoms with Crippen molar-refractivity contribution in [1.82, 2.24) is 14.5 Å². The lowest BCUT2D eigenvalue weighted by Gasteiger charge is -2.12. The van der Waals surface area contributed by atoms with Gasteiger partial charge in [-0.05, 0) is 48.5 Å². The topological polar surface area (TPSA) is 110 Å². The number of nitriles is 1. The fourth-order valence-corrected chi connectivity index (χ4v) is 4.49. The minimum atomic E-state index is -1.10. The molecule has 2 aromatic heterocycles. The second-order valence-corrected chi connectivity index (χ2v) is 9.34. The van der Waals surface area contributed by atoms with Crippen LogP contribution >= 0.6 is 0 Å². The Hall–Kier alpha value is -5.21. The fourth-order valence-electron chi connectivity index (χ4n) is 4.49. The third kappa shape index (κ3) is 5.94. The molecule has 5 aromatic rings. The maximum Gasteiger partial charge on any atom is 0.335 e. The van der Waals surface area contributed by atoms with Gasteiger partial charge in [-0.1, -0.05) is 12.1 Å². The van der Waals surface area contributed by atoms with E-state index in [4.69, 9.17) is 14.7 Å². The maximum absolute atomic E-state index is 15.4. The van der Waals surface area contributed by atoms with Crippen LogP contribution < -0.4 is 4.74 Å². The molecule has 5 rings (SSSR count). The number of hydrogen-bond acceptors (Lipinski definition) is 6. The summed E-state index contributed by atoms with van der Waals surface area (Å²) in [5.74, 6) is -2.85. The summed E-state index contributed by atoms with van der Waals surface area (Å²) < 4.78 is 57.4. The van der Waals surface area contributed by atoms with Crippen LogP contribution in [0.3, 0.4) is 0 Å². The third-order valence-corrected chi connectivity index (χ3v) is 6.65. The summed E-state index contributed by atoms with van der Waals surface area (Å²) >= 11 is 0. The number of pyridine rings is 1. The summed E-state index contributed by atoms with van der Waals surface area (Å²) in [7, 11) is 1.51. The molecule has 0 bridgehead atoms. The Balaban J connectivity index is 1.40. The largest absolute Gasteiger partial charge is 0.478 e. The number of carboxylic acids is 1. The van der Waals surface area contributed by atoms with Gasteiger partial charge in [-0.3, -0.25) is 0 Å². The molecule has 0 aliphatic rings. The number of aromatic carboxylic acids is 1. The van der Waals surface area contributed by atoms with E-state index in [1.165, 1.54) is 37.4 Å². The van der Waals surface area contributed by atoms with E-state index in [1.807, 2.05) is 6.07 Å². The van der Waals surface area contributed by atoms with Crippen LogP contribution in [-0.2, 0) is 24.3 Å². The Kier molecular flexibility index (Phi) is 8.17. The zero-order valence-corrected chi connectivity index (χ0v) is 22.3. The molecule has 1 N–H and O–H groups in total. The second kappa shape index (κ2) is 12.1. The van der Waals surface area contributed by atoms with Crippen LogP contribution in [0.5, 0.6) is 5.88 Å². The van der Waals surface area contributed by atoms with Crippen molar-refractivity contribution < 1.29 is 32.5 Å². The predicted octanol–water partition coefficient (Wildman–Crippen LogP) is 5.90. The number of imidazole rings is 1. The monoisotopic (exact) mass is 572 g/mol. The predicted molar refractivity (Wildman–Crippen MR) is 146 cm³/mol. The molecular weight excluding hydrogens is 549 g/mol. The number of aromatic nitrogens is 3. The Labute approximate surface area is 238 Å². The van der Waals surface area contributed by atoms with Gasteiger partial charge in [0.05, 0.1) is 40.5 Å². The smallest absolute Gasteiger partial charge is 0.335 e. The first kappa shape index (κ1) is 28.3. The molecule has 3 aromatic carbocycles. The van der Waals surface area contributed by atoms with Crippen LogP contribution in [0.25, 0.3) is 22.3 Å². The van der Waals surface area contributed by atoms with Crippen LogP contribution in [-0.4, -0.2) is 39.3 Å². The molecule has 42 heavy (non-hydrogen) atoms. The van der Waals surface area contributed by atoms with Gasteiger partial charge in [0.1, 0.15) is 29.9 Å². The highest BCUT2D eigenvalue weighted by molar-refractivity contribution is 5.92. The number of hydrogen-bond donors (Lipinski definition) is 1. The average Bonchev–Trinajstić information content (AvgIpc) is 3.33. The average molecular weight is 573 g/mol. The molecule has 2 heterocycles. The van der Waals surface area contributed by atoms with Gasteiger partial charge in [-0.25, -0.2) is 27.9 Å². The first-order valence-corrected chi connectivity index (χ1v) is 12.8. The molecule has 0 radical (unpaired) electrons. The lowest BCUT2D eigenvalue weighted by Crippen LogP contribution is -2.10. The van der Waals surface area contributed by atoms with Gasteiger partial charge in [0.2, 0.25) is 5.88 Å². The first-order chi connectivity index (χ1) is 20.3. The normalized spacial score (nSPS) is 11.0. The van der Waals surface area contributed by atoms with Gasteiger partial charge in [-0.2, -0.15) is 5.26 Å². The number of halogens is 3.